The normalized spacial score (nSPS) is 18.4. The Morgan fingerprint density at radius 3 is 2.78 bits per heavy atom. The zero-order valence-electron chi connectivity index (χ0n) is 15.2. The Balaban J connectivity index is 1.51. The van der Waals surface area contributed by atoms with Gasteiger partial charge in [0.15, 0.2) is 11.5 Å². The summed E-state index contributed by atoms with van der Waals surface area (Å²) in [4.78, 5) is 15.0. The third-order valence-corrected chi connectivity index (χ3v) is 5.37. The second-order valence-electron chi connectivity index (χ2n) is 6.80. The van der Waals surface area contributed by atoms with Crippen molar-refractivity contribution < 1.29 is 19.0 Å². The van der Waals surface area contributed by atoms with E-state index in [1.165, 1.54) is 0 Å². The molecular formula is C21H22ClNO4. The van der Waals surface area contributed by atoms with Crippen LogP contribution < -0.4 is 14.2 Å². The maximum atomic E-state index is 13.0. The van der Waals surface area contributed by atoms with E-state index >= 15 is 0 Å². The average Bonchev–Trinajstić information content (AvgIpc) is 3.18. The largest absolute Gasteiger partial charge is 0.497 e. The van der Waals surface area contributed by atoms with Crippen LogP contribution in [0.4, 0.5) is 0 Å². The van der Waals surface area contributed by atoms with E-state index in [1.54, 1.807) is 13.2 Å². The van der Waals surface area contributed by atoms with E-state index in [2.05, 4.69) is 0 Å². The van der Waals surface area contributed by atoms with Crippen LogP contribution in [0, 0.1) is 0 Å². The van der Waals surface area contributed by atoms with Gasteiger partial charge in [0.2, 0.25) is 5.91 Å². The van der Waals surface area contributed by atoms with Crippen molar-refractivity contribution >= 4 is 17.5 Å². The number of ether oxygens (including phenoxy) is 3. The predicted molar refractivity (Wildman–Crippen MR) is 103 cm³/mol. The van der Waals surface area contributed by atoms with Crippen LogP contribution in [0.2, 0.25) is 5.02 Å². The summed E-state index contributed by atoms with van der Waals surface area (Å²) in [6, 6.07) is 11.7. The number of likely N-dealkylation sites (tertiary alicyclic amines) is 1. The third-order valence-electron chi connectivity index (χ3n) is 5.09. The lowest BCUT2D eigenvalue weighted by molar-refractivity contribution is -0.131. The summed E-state index contributed by atoms with van der Waals surface area (Å²) in [5.74, 6) is 2.10. The van der Waals surface area contributed by atoms with Gasteiger partial charge in [-0.05, 0) is 48.2 Å². The Hall–Kier alpha value is -2.40. The lowest BCUT2D eigenvalue weighted by atomic mass is 10.0. The average molecular weight is 388 g/mol. The number of halogens is 1. The number of carbonyl (C=O) groups excluding carboxylic acids is 1. The van der Waals surface area contributed by atoms with Crippen molar-refractivity contribution in [2.24, 2.45) is 0 Å². The van der Waals surface area contributed by atoms with Gasteiger partial charge >= 0.3 is 0 Å². The molecule has 2 aromatic carbocycles. The summed E-state index contributed by atoms with van der Waals surface area (Å²) in [5, 5.41) is 0.489. The highest BCUT2D eigenvalue weighted by Gasteiger charge is 2.30. The fraction of sp³-hybridized carbons (Fsp3) is 0.381. The van der Waals surface area contributed by atoms with Crippen molar-refractivity contribution in [2.45, 2.75) is 25.3 Å². The summed E-state index contributed by atoms with van der Waals surface area (Å²) < 4.78 is 16.4. The summed E-state index contributed by atoms with van der Waals surface area (Å²) >= 11 is 6.30. The smallest absolute Gasteiger partial charge is 0.227 e. The second-order valence-corrected chi connectivity index (χ2v) is 7.20. The standard InChI is InChI=1S/C21H22ClNO4/c1-25-16-6-4-15(5-7-16)18-3-2-8-23(18)20(24)13-14-11-17(22)21-19(12-14)26-9-10-27-21/h4-7,11-12,18H,2-3,8-10,13H2,1H3/t18-/m1/s1. The number of nitrogens with zero attached hydrogens (tertiary/aromatic N) is 1. The lowest BCUT2D eigenvalue weighted by Gasteiger charge is -2.26. The van der Waals surface area contributed by atoms with Gasteiger partial charge in [0.1, 0.15) is 19.0 Å². The minimum absolute atomic E-state index is 0.0982. The van der Waals surface area contributed by atoms with Crippen LogP contribution in [-0.4, -0.2) is 37.7 Å². The highest BCUT2D eigenvalue weighted by atomic mass is 35.5. The quantitative estimate of drug-likeness (QED) is 0.794. The molecule has 2 aliphatic heterocycles. The molecule has 2 aromatic rings. The number of benzene rings is 2. The molecule has 27 heavy (non-hydrogen) atoms. The van der Waals surface area contributed by atoms with Gasteiger partial charge in [0.05, 0.1) is 24.6 Å². The van der Waals surface area contributed by atoms with Gasteiger partial charge in [-0.25, -0.2) is 0 Å². The predicted octanol–water partition coefficient (Wildman–Crippen LogP) is 4.03. The second kappa shape index (κ2) is 7.69. The molecule has 0 unspecified atom stereocenters. The van der Waals surface area contributed by atoms with Gasteiger partial charge in [-0.2, -0.15) is 0 Å². The summed E-state index contributed by atoms with van der Waals surface area (Å²) in [5.41, 5.74) is 1.98. The Labute approximate surface area is 163 Å². The molecule has 1 fully saturated rings. The van der Waals surface area contributed by atoms with Crippen LogP contribution in [0.25, 0.3) is 0 Å². The van der Waals surface area contributed by atoms with E-state index in [-0.39, 0.29) is 11.9 Å². The van der Waals surface area contributed by atoms with Gasteiger partial charge < -0.3 is 19.1 Å². The highest BCUT2D eigenvalue weighted by Crippen LogP contribution is 2.39. The van der Waals surface area contributed by atoms with E-state index in [1.807, 2.05) is 35.2 Å². The minimum atomic E-state index is 0.0982. The molecule has 0 aliphatic carbocycles. The maximum Gasteiger partial charge on any atom is 0.227 e. The number of carbonyl (C=O) groups is 1. The van der Waals surface area contributed by atoms with E-state index in [0.29, 0.717) is 36.2 Å². The van der Waals surface area contributed by atoms with Gasteiger partial charge in [-0.1, -0.05) is 23.7 Å². The first kappa shape index (κ1) is 18.0. The monoisotopic (exact) mass is 387 g/mol. The number of amides is 1. The van der Waals surface area contributed by atoms with Crippen molar-refractivity contribution in [2.75, 3.05) is 26.9 Å². The summed E-state index contributed by atoms with van der Waals surface area (Å²) in [6.07, 6.45) is 2.27. The SMILES string of the molecule is COc1ccc([C@H]2CCCN2C(=O)Cc2cc(Cl)c3c(c2)OCCO3)cc1. The van der Waals surface area contributed by atoms with Crippen LogP contribution >= 0.6 is 11.6 Å². The first-order valence-corrected chi connectivity index (χ1v) is 9.55. The fourth-order valence-electron chi connectivity index (χ4n) is 3.78. The molecule has 0 aromatic heterocycles. The number of rotatable bonds is 4. The molecule has 2 heterocycles. The van der Waals surface area contributed by atoms with E-state index < -0.39 is 0 Å². The fourth-order valence-corrected chi connectivity index (χ4v) is 4.07. The molecule has 0 N–H and O–H groups in total. The topological polar surface area (TPSA) is 48.0 Å². The zero-order valence-corrected chi connectivity index (χ0v) is 16.0. The van der Waals surface area contributed by atoms with Crippen molar-refractivity contribution in [1.82, 2.24) is 4.90 Å². The third kappa shape index (κ3) is 3.69. The molecule has 5 nitrogen and oxygen atoms in total. The molecule has 1 saturated heterocycles. The minimum Gasteiger partial charge on any atom is -0.497 e. The molecule has 4 rings (SSSR count). The van der Waals surface area contributed by atoms with Crippen LogP contribution in [0.1, 0.15) is 30.0 Å². The Morgan fingerprint density at radius 1 is 1.22 bits per heavy atom. The Bertz CT molecular complexity index is 837. The van der Waals surface area contributed by atoms with Crippen LogP contribution in [0.3, 0.4) is 0 Å². The van der Waals surface area contributed by atoms with Gasteiger partial charge in [0, 0.05) is 6.54 Å². The molecule has 0 spiro atoms. The first-order valence-electron chi connectivity index (χ1n) is 9.17. The summed E-state index contributed by atoms with van der Waals surface area (Å²) in [6.45, 7) is 1.75. The van der Waals surface area contributed by atoms with E-state index in [0.717, 1.165) is 36.3 Å². The zero-order chi connectivity index (χ0) is 18.8. The van der Waals surface area contributed by atoms with Crippen molar-refractivity contribution in [3.05, 3.63) is 52.5 Å². The van der Waals surface area contributed by atoms with Crippen LogP contribution in [0.15, 0.2) is 36.4 Å². The van der Waals surface area contributed by atoms with E-state index in [9.17, 15) is 4.79 Å². The van der Waals surface area contributed by atoms with Gasteiger partial charge in [-0.15, -0.1) is 0 Å². The molecule has 1 amide bonds. The molecule has 0 bridgehead atoms. The maximum absolute atomic E-state index is 13.0. The molecular weight excluding hydrogens is 366 g/mol. The highest BCUT2D eigenvalue weighted by molar-refractivity contribution is 6.32. The molecule has 1 atom stereocenters. The van der Waals surface area contributed by atoms with Gasteiger partial charge in [0.25, 0.3) is 0 Å². The molecule has 0 radical (unpaired) electrons. The van der Waals surface area contributed by atoms with E-state index in [4.69, 9.17) is 25.8 Å². The summed E-state index contributed by atoms with van der Waals surface area (Å²) in [7, 11) is 1.65. The molecule has 0 saturated carbocycles. The van der Waals surface area contributed by atoms with Crippen molar-refractivity contribution in [3.63, 3.8) is 0 Å². The Morgan fingerprint density at radius 2 is 2.00 bits per heavy atom. The van der Waals surface area contributed by atoms with Crippen LogP contribution in [0.5, 0.6) is 17.2 Å². The number of hydrogen-bond donors (Lipinski definition) is 0. The molecule has 2 aliphatic rings. The number of fused-ring (bicyclic) bond motifs is 1. The van der Waals surface area contributed by atoms with Crippen molar-refractivity contribution in [3.8, 4) is 17.2 Å². The van der Waals surface area contributed by atoms with Crippen LogP contribution in [-0.2, 0) is 11.2 Å². The number of hydrogen-bond acceptors (Lipinski definition) is 4. The van der Waals surface area contributed by atoms with Gasteiger partial charge in [-0.3, -0.25) is 4.79 Å². The van der Waals surface area contributed by atoms with Crippen molar-refractivity contribution in [1.29, 1.82) is 0 Å². The Kier molecular flexibility index (Phi) is 5.12. The first-order chi connectivity index (χ1) is 13.2. The number of methoxy groups -OCH3 is 1. The molecule has 6 heteroatoms. The lowest BCUT2D eigenvalue weighted by Crippen LogP contribution is -2.31. The molecule has 142 valence electrons.